The number of hydrogen-bond donors (Lipinski definition) is 0. The molecule has 0 aliphatic heterocycles. The summed E-state index contributed by atoms with van der Waals surface area (Å²) in [5.74, 6) is 1.85. The van der Waals surface area contributed by atoms with E-state index in [1.165, 1.54) is 22.3 Å². The number of fused-ring (bicyclic) bond motifs is 10. The highest BCUT2D eigenvalue weighted by atomic mass is 16.3. The highest BCUT2D eigenvalue weighted by Crippen LogP contribution is 2.49. The second-order valence-electron chi connectivity index (χ2n) is 14.6. The van der Waals surface area contributed by atoms with Crippen LogP contribution in [-0.2, 0) is 5.41 Å². The predicted octanol–water partition coefficient (Wildman–Crippen LogP) is 12.4. The average Bonchev–Trinajstić information content (AvgIpc) is 3.73. The predicted molar refractivity (Wildman–Crippen MR) is 219 cm³/mol. The minimum Gasteiger partial charge on any atom is -0.455 e. The lowest BCUT2D eigenvalue weighted by molar-refractivity contribution is 0.660. The summed E-state index contributed by atoms with van der Waals surface area (Å²) in [6, 6.07) is 54.7. The Bertz CT molecular complexity index is 3130. The summed E-state index contributed by atoms with van der Waals surface area (Å²) in [4.78, 5) is 20.7. The van der Waals surface area contributed by atoms with Crippen molar-refractivity contribution in [1.82, 2.24) is 19.9 Å². The van der Waals surface area contributed by atoms with Gasteiger partial charge in [0.25, 0.3) is 0 Å². The maximum Gasteiger partial charge on any atom is 0.164 e. The lowest BCUT2D eigenvalue weighted by Crippen LogP contribution is -2.14. The van der Waals surface area contributed by atoms with Crippen LogP contribution in [0, 0.1) is 0 Å². The molecule has 0 fully saturated rings. The van der Waals surface area contributed by atoms with E-state index in [1.54, 1.807) is 0 Å². The summed E-state index contributed by atoms with van der Waals surface area (Å²) in [6.07, 6.45) is 0. The Morgan fingerprint density at radius 3 is 1.91 bits per heavy atom. The topological polar surface area (TPSA) is 64.7 Å². The van der Waals surface area contributed by atoms with Gasteiger partial charge in [-0.2, -0.15) is 0 Å². The lowest BCUT2D eigenvalue weighted by Gasteiger charge is -2.21. The van der Waals surface area contributed by atoms with Crippen LogP contribution in [0.25, 0.3) is 100 Å². The van der Waals surface area contributed by atoms with Crippen molar-refractivity contribution in [1.29, 1.82) is 0 Å². The SMILES string of the molecule is CC1(C)c2ccccc2-c2cc(-c3nc(-c4ccccc4)nc(-c4cccc5oc6c(ccc7c(-c8ccccc8)nc8ccccc8c76)c45)n3)ccc21. The van der Waals surface area contributed by atoms with Crippen molar-refractivity contribution in [2.24, 2.45) is 0 Å². The van der Waals surface area contributed by atoms with Gasteiger partial charge in [0.05, 0.1) is 11.2 Å². The van der Waals surface area contributed by atoms with Crippen LogP contribution in [0.5, 0.6) is 0 Å². The van der Waals surface area contributed by atoms with Crippen molar-refractivity contribution >= 4 is 43.6 Å². The van der Waals surface area contributed by atoms with Crippen LogP contribution in [0.1, 0.15) is 25.0 Å². The third-order valence-corrected chi connectivity index (χ3v) is 11.1. The zero-order valence-corrected chi connectivity index (χ0v) is 29.7. The van der Waals surface area contributed by atoms with E-state index in [0.29, 0.717) is 17.5 Å². The number of hydrogen-bond acceptors (Lipinski definition) is 5. The molecular weight excluding hydrogens is 661 g/mol. The van der Waals surface area contributed by atoms with Gasteiger partial charge >= 0.3 is 0 Å². The molecule has 254 valence electrons. The molecule has 54 heavy (non-hydrogen) atoms. The Labute approximate surface area is 311 Å². The van der Waals surface area contributed by atoms with E-state index in [0.717, 1.165) is 71.6 Å². The number of aromatic nitrogens is 4. The molecule has 5 heteroatoms. The minimum absolute atomic E-state index is 0.0880. The Kier molecular flexibility index (Phi) is 6.53. The third-order valence-electron chi connectivity index (χ3n) is 11.1. The molecule has 1 aliphatic rings. The third kappa shape index (κ3) is 4.51. The van der Waals surface area contributed by atoms with Crippen LogP contribution in [0.4, 0.5) is 0 Å². The Morgan fingerprint density at radius 2 is 1.07 bits per heavy atom. The quantitative estimate of drug-likeness (QED) is 0.172. The number of rotatable bonds is 4. The van der Waals surface area contributed by atoms with Gasteiger partial charge in [-0.3, -0.25) is 0 Å². The van der Waals surface area contributed by atoms with Crippen LogP contribution in [0.2, 0.25) is 0 Å². The van der Waals surface area contributed by atoms with E-state index in [4.69, 9.17) is 24.4 Å². The average molecular weight is 693 g/mol. The van der Waals surface area contributed by atoms with Gasteiger partial charge < -0.3 is 4.42 Å². The second kappa shape index (κ2) is 11.5. The van der Waals surface area contributed by atoms with Crippen molar-refractivity contribution in [3.05, 3.63) is 169 Å². The van der Waals surface area contributed by atoms with E-state index in [2.05, 4.69) is 117 Å². The Balaban J connectivity index is 1.16. The fourth-order valence-corrected chi connectivity index (χ4v) is 8.52. The van der Waals surface area contributed by atoms with Gasteiger partial charge in [0.2, 0.25) is 0 Å². The number of furan rings is 1. The molecule has 0 N–H and O–H groups in total. The molecule has 0 spiro atoms. The van der Waals surface area contributed by atoms with Gasteiger partial charge in [-0.15, -0.1) is 0 Å². The van der Waals surface area contributed by atoms with Gasteiger partial charge in [0.1, 0.15) is 11.2 Å². The van der Waals surface area contributed by atoms with Crippen molar-refractivity contribution < 1.29 is 4.42 Å². The van der Waals surface area contributed by atoms with Gasteiger partial charge in [0.15, 0.2) is 17.5 Å². The molecule has 3 heterocycles. The molecule has 0 saturated carbocycles. The van der Waals surface area contributed by atoms with Gasteiger partial charge in [-0.25, -0.2) is 19.9 Å². The molecule has 1 aliphatic carbocycles. The second-order valence-corrected chi connectivity index (χ2v) is 14.6. The van der Waals surface area contributed by atoms with Gasteiger partial charge in [-0.05, 0) is 46.5 Å². The molecule has 0 radical (unpaired) electrons. The van der Waals surface area contributed by atoms with Crippen LogP contribution < -0.4 is 0 Å². The minimum atomic E-state index is -0.0880. The van der Waals surface area contributed by atoms with Crippen LogP contribution in [-0.4, -0.2) is 19.9 Å². The first kappa shape index (κ1) is 30.6. The maximum atomic E-state index is 6.86. The summed E-state index contributed by atoms with van der Waals surface area (Å²) >= 11 is 0. The van der Waals surface area contributed by atoms with E-state index < -0.39 is 0 Å². The maximum absolute atomic E-state index is 6.86. The summed E-state index contributed by atoms with van der Waals surface area (Å²) in [7, 11) is 0. The molecule has 3 aromatic heterocycles. The molecule has 11 rings (SSSR count). The summed E-state index contributed by atoms with van der Waals surface area (Å²) < 4.78 is 6.86. The highest BCUT2D eigenvalue weighted by molar-refractivity contribution is 6.26. The molecule has 0 amide bonds. The molecular formula is C49H32N4O. The lowest BCUT2D eigenvalue weighted by atomic mass is 9.82. The van der Waals surface area contributed by atoms with Crippen molar-refractivity contribution in [2.75, 3.05) is 0 Å². The van der Waals surface area contributed by atoms with Gasteiger partial charge in [0, 0.05) is 54.6 Å². The number of para-hydroxylation sites is 1. The first-order chi connectivity index (χ1) is 26.5. The van der Waals surface area contributed by atoms with Crippen molar-refractivity contribution in [3.63, 3.8) is 0 Å². The van der Waals surface area contributed by atoms with Crippen LogP contribution >= 0.6 is 0 Å². The number of benzene rings is 7. The largest absolute Gasteiger partial charge is 0.455 e. The van der Waals surface area contributed by atoms with Crippen molar-refractivity contribution in [2.45, 2.75) is 19.3 Å². The first-order valence-corrected chi connectivity index (χ1v) is 18.3. The summed E-state index contributed by atoms with van der Waals surface area (Å²) in [5, 5.41) is 5.11. The fraction of sp³-hybridized carbons (Fsp3) is 0.0612. The molecule has 0 atom stereocenters. The monoisotopic (exact) mass is 692 g/mol. The van der Waals surface area contributed by atoms with Crippen molar-refractivity contribution in [3.8, 4) is 56.5 Å². The Hall–Kier alpha value is -6.98. The van der Waals surface area contributed by atoms with E-state index in [1.807, 2.05) is 54.6 Å². The summed E-state index contributed by atoms with van der Waals surface area (Å²) in [6.45, 7) is 4.60. The van der Waals surface area contributed by atoms with Crippen LogP contribution in [0.3, 0.4) is 0 Å². The number of pyridine rings is 1. The van der Waals surface area contributed by atoms with E-state index in [9.17, 15) is 0 Å². The smallest absolute Gasteiger partial charge is 0.164 e. The highest BCUT2D eigenvalue weighted by Gasteiger charge is 2.35. The zero-order chi connectivity index (χ0) is 36.0. The summed E-state index contributed by atoms with van der Waals surface area (Å²) in [5.41, 5.74) is 12.3. The molecule has 10 aromatic rings. The first-order valence-electron chi connectivity index (χ1n) is 18.3. The number of nitrogens with zero attached hydrogens (tertiary/aromatic N) is 4. The molecule has 0 bridgehead atoms. The Morgan fingerprint density at radius 1 is 0.426 bits per heavy atom. The molecule has 0 unspecified atom stereocenters. The van der Waals surface area contributed by atoms with Gasteiger partial charge in [-0.1, -0.05) is 147 Å². The zero-order valence-electron chi connectivity index (χ0n) is 29.7. The van der Waals surface area contributed by atoms with E-state index in [-0.39, 0.29) is 5.41 Å². The van der Waals surface area contributed by atoms with E-state index >= 15 is 0 Å². The normalized spacial score (nSPS) is 13.1. The molecule has 7 aromatic carbocycles. The standard InChI is InChI=1S/C49H32N4O/c1-49(2)38-21-11-9-18-32(38)37-28-31(24-27-39(37)49)47-51-46(30-16-7-4-8-17-30)52-48(53-47)36-20-13-23-41-42(36)35-26-25-34-43(45(35)54-41)33-19-10-12-22-40(33)50-44(34)29-14-5-3-6-15-29/h3-28H,1-2H3. The molecule has 0 saturated heterocycles. The van der Waals surface area contributed by atoms with Crippen LogP contribution in [0.15, 0.2) is 162 Å². The molecule has 5 nitrogen and oxygen atoms in total. The fourth-order valence-electron chi connectivity index (χ4n) is 8.52.